The summed E-state index contributed by atoms with van der Waals surface area (Å²) >= 11 is 0. The predicted molar refractivity (Wildman–Crippen MR) is 76.8 cm³/mol. The molecule has 0 saturated heterocycles. The summed E-state index contributed by atoms with van der Waals surface area (Å²) in [6.07, 6.45) is 0. The first-order valence-corrected chi connectivity index (χ1v) is 6.51. The molecule has 0 aliphatic carbocycles. The maximum Gasteiger partial charge on any atom is 0.0393 e. The highest BCUT2D eigenvalue weighted by Crippen LogP contribution is 2.18. The van der Waals surface area contributed by atoms with Gasteiger partial charge in [0.2, 0.25) is 0 Å². The first kappa shape index (κ1) is 14.0. The molecule has 96 valence electrons. The molecule has 0 saturated carbocycles. The molecule has 0 heterocycles. The van der Waals surface area contributed by atoms with Crippen molar-refractivity contribution in [2.24, 2.45) is 5.92 Å². The van der Waals surface area contributed by atoms with Crippen LogP contribution in [-0.4, -0.2) is 26.2 Å². The number of para-hydroxylation sites is 1. The van der Waals surface area contributed by atoms with Crippen LogP contribution in [0.2, 0.25) is 0 Å². The Morgan fingerprint density at radius 1 is 1.18 bits per heavy atom. The quantitative estimate of drug-likeness (QED) is 0.814. The van der Waals surface area contributed by atoms with Gasteiger partial charge in [-0.05, 0) is 31.0 Å². The molecule has 2 nitrogen and oxygen atoms in total. The average molecular weight is 234 g/mol. The lowest BCUT2D eigenvalue weighted by atomic mass is 10.1. The van der Waals surface area contributed by atoms with Gasteiger partial charge in [-0.15, -0.1) is 0 Å². The van der Waals surface area contributed by atoms with Crippen LogP contribution in [0.15, 0.2) is 24.3 Å². The minimum absolute atomic E-state index is 0.571. The highest BCUT2D eigenvalue weighted by molar-refractivity contribution is 5.52. The highest BCUT2D eigenvalue weighted by atomic mass is 15.1. The largest absolute Gasteiger partial charge is 0.374 e. The summed E-state index contributed by atoms with van der Waals surface area (Å²) in [7, 11) is 2.17. The van der Waals surface area contributed by atoms with Crippen LogP contribution in [-0.2, 0) is 0 Å². The predicted octanol–water partition coefficient (Wildman–Crippen LogP) is 3.07. The first-order chi connectivity index (χ1) is 8.00. The van der Waals surface area contributed by atoms with E-state index in [4.69, 9.17) is 0 Å². The molecule has 1 rings (SSSR count). The Labute approximate surface area is 106 Å². The second-order valence-electron chi connectivity index (χ2n) is 5.34. The van der Waals surface area contributed by atoms with E-state index in [-0.39, 0.29) is 0 Å². The van der Waals surface area contributed by atoms with Crippen LogP contribution in [0.25, 0.3) is 0 Å². The second kappa shape index (κ2) is 6.65. The molecule has 1 atom stereocenters. The fourth-order valence-corrected chi connectivity index (χ4v) is 2.06. The normalized spacial score (nSPS) is 12.8. The van der Waals surface area contributed by atoms with Crippen molar-refractivity contribution in [1.29, 1.82) is 0 Å². The van der Waals surface area contributed by atoms with Crippen LogP contribution in [0.1, 0.15) is 26.3 Å². The molecule has 0 aliphatic rings. The summed E-state index contributed by atoms with van der Waals surface area (Å²) in [5.41, 5.74) is 2.68. The van der Waals surface area contributed by atoms with E-state index in [0.717, 1.165) is 13.1 Å². The lowest BCUT2D eigenvalue weighted by Crippen LogP contribution is -2.34. The fraction of sp³-hybridized carbons (Fsp3) is 0.600. The Balaban J connectivity index is 2.49. The highest BCUT2D eigenvalue weighted by Gasteiger charge is 2.09. The molecule has 1 N–H and O–H groups in total. The van der Waals surface area contributed by atoms with Crippen molar-refractivity contribution in [3.63, 3.8) is 0 Å². The van der Waals surface area contributed by atoms with Crippen molar-refractivity contribution in [3.05, 3.63) is 29.8 Å². The van der Waals surface area contributed by atoms with E-state index in [1.54, 1.807) is 0 Å². The summed E-state index contributed by atoms with van der Waals surface area (Å²) in [4.78, 5) is 2.35. The summed E-state index contributed by atoms with van der Waals surface area (Å²) in [6.45, 7) is 11.0. The van der Waals surface area contributed by atoms with Crippen molar-refractivity contribution in [1.82, 2.24) is 5.32 Å². The topological polar surface area (TPSA) is 15.3 Å². The van der Waals surface area contributed by atoms with Crippen LogP contribution in [0.5, 0.6) is 0 Å². The van der Waals surface area contributed by atoms with Gasteiger partial charge in [-0.1, -0.05) is 39.0 Å². The second-order valence-corrected chi connectivity index (χ2v) is 5.34. The Hall–Kier alpha value is -1.02. The van der Waals surface area contributed by atoms with Crippen LogP contribution in [0.4, 0.5) is 5.69 Å². The summed E-state index contributed by atoms with van der Waals surface area (Å²) in [5, 5.41) is 3.49. The van der Waals surface area contributed by atoms with Gasteiger partial charge >= 0.3 is 0 Å². The van der Waals surface area contributed by atoms with Crippen LogP contribution < -0.4 is 10.2 Å². The van der Waals surface area contributed by atoms with Gasteiger partial charge in [0, 0.05) is 25.3 Å². The molecule has 0 bridgehead atoms. The van der Waals surface area contributed by atoms with E-state index in [2.05, 4.69) is 69.2 Å². The van der Waals surface area contributed by atoms with Crippen LogP contribution >= 0.6 is 0 Å². The lowest BCUT2D eigenvalue weighted by Gasteiger charge is -2.25. The molecule has 0 fully saturated rings. The van der Waals surface area contributed by atoms with Crippen LogP contribution in [0, 0.1) is 12.8 Å². The average Bonchev–Trinajstić information content (AvgIpc) is 2.26. The number of rotatable bonds is 6. The van der Waals surface area contributed by atoms with Gasteiger partial charge in [-0.25, -0.2) is 0 Å². The molecule has 0 radical (unpaired) electrons. The zero-order valence-corrected chi connectivity index (χ0v) is 11.8. The van der Waals surface area contributed by atoms with Crippen molar-refractivity contribution < 1.29 is 0 Å². The van der Waals surface area contributed by atoms with Crippen molar-refractivity contribution >= 4 is 5.69 Å². The molecule has 0 aromatic heterocycles. The molecule has 1 aromatic rings. The molecule has 0 aliphatic heterocycles. The standard InChI is InChI=1S/C15H26N2/c1-12(2)16-10-13(3)11-17(5)15-9-7-6-8-14(15)4/h6-9,12-13,16H,10-11H2,1-5H3. The molecule has 0 spiro atoms. The van der Waals surface area contributed by atoms with Crippen molar-refractivity contribution in [2.45, 2.75) is 33.7 Å². The van der Waals surface area contributed by atoms with Gasteiger partial charge in [0.05, 0.1) is 0 Å². The van der Waals surface area contributed by atoms with Gasteiger partial charge in [-0.2, -0.15) is 0 Å². The summed E-state index contributed by atoms with van der Waals surface area (Å²) in [5.74, 6) is 0.655. The Bertz CT molecular complexity index is 333. The van der Waals surface area contributed by atoms with E-state index >= 15 is 0 Å². The van der Waals surface area contributed by atoms with Gasteiger partial charge in [0.25, 0.3) is 0 Å². The third-order valence-corrected chi connectivity index (χ3v) is 2.99. The molecular weight excluding hydrogens is 208 g/mol. The first-order valence-electron chi connectivity index (χ1n) is 6.51. The smallest absolute Gasteiger partial charge is 0.0393 e. The third kappa shape index (κ3) is 4.78. The fourth-order valence-electron chi connectivity index (χ4n) is 2.06. The van der Waals surface area contributed by atoms with E-state index in [0.29, 0.717) is 12.0 Å². The minimum atomic E-state index is 0.571. The molecule has 1 unspecified atom stereocenters. The zero-order valence-electron chi connectivity index (χ0n) is 11.8. The van der Waals surface area contributed by atoms with Gasteiger partial charge in [0.15, 0.2) is 0 Å². The number of benzene rings is 1. The van der Waals surface area contributed by atoms with Crippen molar-refractivity contribution in [3.8, 4) is 0 Å². The summed E-state index contributed by atoms with van der Waals surface area (Å²) < 4.78 is 0. The Morgan fingerprint density at radius 2 is 1.82 bits per heavy atom. The maximum atomic E-state index is 3.49. The van der Waals surface area contributed by atoms with E-state index in [9.17, 15) is 0 Å². The number of anilines is 1. The maximum absolute atomic E-state index is 3.49. The SMILES string of the molecule is Cc1ccccc1N(C)CC(C)CNC(C)C. The molecule has 17 heavy (non-hydrogen) atoms. The number of aryl methyl sites for hydroxylation is 1. The van der Waals surface area contributed by atoms with E-state index in [1.807, 2.05) is 0 Å². The lowest BCUT2D eigenvalue weighted by molar-refractivity contribution is 0.478. The van der Waals surface area contributed by atoms with E-state index < -0.39 is 0 Å². The molecular formula is C15H26N2. The number of nitrogens with zero attached hydrogens (tertiary/aromatic N) is 1. The van der Waals surface area contributed by atoms with Gasteiger partial charge < -0.3 is 10.2 Å². The monoisotopic (exact) mass is 234 g/mol. The van der Waals surface area contributed by atoms with E-state index in [1.165, 1.54) is 11.3 Å². The van der Waals surface area contributed by atoms with Gasteiger partial charge in [-0.3, -0.25) is 0 Å². The Kier molecular flexibility index (Phi) is 5.49. The van der Waals surface area contributed by atoms with Crippen molar-refractivity contribution in [2.75, 3.05) is 25.0 Å². The van der Waals surface area contributed by atoms with Gasteiger partial charge in [0.1, 0.15) is 0 Å². The number of hydrogen-bond acceptors (Lipinski definition) is 2. The molecule has 0 amide bonds. The Morgan fingerprint density at radius 3 is 2.41 bits per heavy atom. The third-order valence-electron chi connectivity index (χ3n) is 2.99. The molecule has 1 aromatic carbocycles. The number of nitrogens with one attached hydrogen (secondary N) is 1. The zero-order chi connectivity index (χ0) is 12.8. The number of hydrogen-bond donors (Lipinski definition) is 1. The molecule has 2 heteroatoms. The summed E-state index contributed by atoms with van der Waals surface area (Å²) in [6, 6.07) is 9.13. The van der Waals surface area contributed by atoms with Crippen LogP contribution in [0.3, 0.4) is 0 Å². The minimum Gasteiger partial charge on any atom is -0.374 e.